The maximum atomic E-state index is 11.2. The number of halogens is 1. The van der Waals surface area contributed by atoms with Gasteiger partial charge >= 0.3 is 6.09 Å². The van der Waals surface area contributed by atoms with Crippen LogP contribution in [0, 0.1) is 0 Å². The monoisotopic (exact) mass is 353 g/mol. The SMILES string of the molecule is CC(OC(N)=O)c1nc2nc(N)c(C(N)=O)cc2cc1Br. The van der Waals surface area contributed by atoms with Crippen LogP contribution < -0.4 is 17.2 Å². The van der Waals surface area contributed by atoms with Crippen LogP contribution >= 0.6 is 15.9 Å². The van der Waals surface area contributed by atoms with E-state index < -0.39 is 18.1 Å². The Hall–Kier alpha value is -2.42. The summed E-state index contributed by atoms with van der Waals surface area (Å²) < 4.78 is 5.45. The van der Waals surface area contributed by atoms with Crippen LogP contribution in [-0.4, -0.2) is 22.0 Å². The van der Waals surface area contributed by atoms with Crippen molar-refractivity contribution in [3.63, 3.8) is 0 Å². The smallest absolute Gasteiger partial charge is 0.405 e. The Balaban J connectivity index is 2.58. The molecule has 8 nitrogen and oxygen atoms in total. The summed E-state index contributed by atoms with van der Waals surface area (Å²) in [5.41, 5.74) is 16.7. The van der Waals surface area contributed by atoms with Crippen molar-refractivity contribution < 1.29 is 14.3 Å². The second-order valence-electron chi connectivity index (χ2n) is 4.27. The summed E-state index contributed by atoms with van der Waals surface area (Å²) in [6, 6.07) is 3.18. The molecule has 110 valence electrons. The van der Waals surface area contributed by atoms with Gasteiger partial charge < -0.3 is 21.9 Å². The van der Waals surface area contributed by atoms with Gasteiger partial charge in [-0.1, -0.05) is 0 Å². The van der Waals surface area contributed by atoms with E-state index >= 15 is 0 Å². The number of nitrogen functional groups attached to an aromatic ring is 1. The van der Waals surface area contributed by atoms with E-state index in [2.05, 4.69) is 25.9 Å². The zero-order valence-electron chi connectivity index (χ0n) is 11.0. The van der Waals surface area contributed by atoms with Crippen molar-refractivity contribution in [1.29, 1.82) is 0 Å². The lowest BCUT2D eigenvalue weighted by atomic mass is 10.1. The van der Waals surface area contributed by atoms with Crippen molar-refractivity contribution in [1.82, 2.24) is 9.97 Å². The summed E-state index contributed by atoms with van der Waals surface area (Å²) in [6.07, 6.45) is -1.58. The van der Waals surface area contributed by atoms with Crippen LogP contribution in [0.3, 0.4) is 0 Å². The topological polar surface area (TPSA) is 147 Å². The maximum absolute atomic E-state index is 11.2. The van der Waals surface area contributed by atoms with Crippen LogP contribution in [0.2, 0.25) is 0 Å². The molecule has 0 bridgehead atoms. The van der Waals surface area contributed by atoms with Gasteiger partial charge in [0.05, 0.1) is 11.3 Å². The normalized spacial score (nSPS) is 12.1. The zero-order valence-corrected chi connectivity index (χ0v) is 12.5. The Labute approximate surface area is 127 Å². The fourth-order valence-electron chi connectivity index (χ4n) is 1.82. The van der Waals surface area contributed by atoms with Gasteiger partial charge in [0.25, 0.3) is 5.91 Å². The first-order valence-corrected chi connectivity index (χ1v) is 6.61. The van der Waals surface area contributed by atoms with E-state index in [0.29, 0.717) is 21.2 Å². The molecule has 0 aliphatic rings. The zero-order chi connectivity index (χ0) is 15.7. The molecule has 1 unspecified atom stereocenters. The number of primary amides is 2. The lowest BCUT2D eigenvalue weighted by molar-refractivity contribution is 0.100. The number of rotatable bonds is 3. The third kappa shape index (κ3) is 3.02. The van der Waals surface area contributed by atoms with Gasteiger partial charge in [0.15, 0.2) is 5.65 Å². The van der Waals surface area contributed by atoms with E-state index in [1.165, 1.54) is 6.07 Å². The molecule has 2 amide bonds. The summed E-state index contributed by atoms with van der Waals surface area (Å²) >= 11 is 3.32. The molecular weight excluding hydrogens is 342 g/mol. The second kappa shape index (κ2) is 5.52. The van der Waals surface area contributed by atoms with Crippen molar-refractivity contribution in [2.75, 3.05) is 5.73 Å². The summed E-state index contributed by atoms with van der Waals surface area (Å²) in [7, 11) is 0. The number of carbonyl (C=O) groups is 2. The highest BCUT2D eigenvalue weighted by Crippen LogP contribution is 2.28. The Morgan fingerprint density at radius 2 is 1.95 bits per heavy atom. The van der Waals surface area contributed by atoms with Crippen molar-refractivity contribution in [3.8, 4) is 0 Å². The molecule has 0 aliphatic carbocycles. The molecule has 0 fully saturated rings. The summed E-state index contributed by atoms with van der Waals surface area (Å²) in [6.45, 7) is 1.62. The largest absolute Gasteiger partial charge is 0.440 e. The van der Waals surface area contributed by atoms with Crippen LogP contribution in [0.5, 0.6) is 0 Å². The number of pyridine rings is 2. The van der Waals surface area contributed by atoms with Crippen molar-refractivity contribution >= 4 is 44.8 Å². The van der Waals surface area contributed by atoms with Crippen LogP contribution in [-0.2, 0) is 4.74 Å². The highest BCUT2D eigenvalue weighted by Gasteiger charge is 2.17. The maximum Gasteiger partial charge on any atom is 0.405 e. The predicted molar refractivity (Wildman–Crippen MR) is 79.3 cm³/mol. The molecule has 2 heterocycles. The molecule has 0 radical (unpaired) electrons. The van der Waals surface area contributed by atoms with E-state index in [-0.39, 0.29) is 11.4 Å². The first kappa shape index (κ1) is 15.0. The average Bonchev–Trinajstić information content (AvgIpc) is 2.36. The van der Waals surface area contributed by atoms with Crippen molar-refractivity contribution in [3.05, 3.63) is 27.9 Å². The van der Waals surface area contributed by atoms with Gasteiger partial charge in [0, 0.05) is 9.86 Å². The minimum absolute atomic E-state index is 0.0146. The third-order valence-electron chi connectivity index (χ3n) is 2.76. The minimum Gasteiger partial charge on any atom is -0.440 e. The van der Waals surface area contributed by atoms with Crippen molar-refractivity contribution in [2.45, 2.75) is 13.0 Å². The van der Waals surface area contributed by atoms with Crippen LogP contribution in [0.1, 0.15) is 29.1 Å². The predicted octanol–water partition coefficient (Wildman–Crippen LogP) is 1.23. The Morgan fingerprint density at radius 3 is 2.52 bits per heavy atom. The standard InChI is InChI=1S/C12H12BrN5O3/c1-4(21-12(16)20)8-7(13)3-5-2-6(10(15)19)9(14)18-11(5)17-8/h2-4H,1H3,(H2,15,19)(H2,16,20)(H2,14,17,18). The fraction of sp³-hybridized carbons (Fsp3) is 0.167. The number of amides is 2. The second-order valence-corrected chi connectivity index (χ2v) is 5.12. The number of anilines is 1. The number of hydrogen-bond donors (Lipinski definition) is 3. The van der Waals surface area contributed by atoms with Gasteiger partial charge in [0.1, 0.15) is 11.9 Å². The van der Waals surface area contributed by atoms with Gasteiger partial charge in [-0.2, -0.15) is 0 Å². The number of ether oxygens (including phenoxy) is 1. The summed E-state index contributed by atoms with van der Waals surface area (Å²) in [5.74, 6) is -0.688. The molecule has 2 rings (SSSR count). The molecule has 1 atom stereocenters. The molecule has 0 aliphatic heterocycles. The van der Waals surface area contributed by atoms with Gasteiger partial charge in [-0.3, -0.25) is 4.79 Å². The molecular formula is C12H12BrN5O3. The number of carbonyl (C=O) groups excluding carboxylic acids is 2. The quantitative estimate of drug-likeness (QED) is 0.755. The first-order valence-electron chi connectivity index (χ1n) is 5.82. The molecule has 21 heavy (non-hydrogen) atoms. The number of aromatic nitrogens is 2. The molecule has 6 N–H and O–H groups in total. The lowest BCUT2D eigenvalue weighted by Gasteiger charge is -2.13. The Bertz CT molecular complexity index is 749. The Kier molecular flexibility index (Phi) is 3.94. The van der Waals surface area contributed by atoms with Crippen LogP contribution in [0.25, 0.3) is 11.0 Å². The van der Waals surface area contributed by atoms with Gasteiger partial charge in [-0.15, -0.1) is 0 Å². The molecule has 2 aromatic rings. The van der Waals surface area contributed by atoms with Crippen molar-refractivity contribution in [2.24, 2.45) is 11.5 Å². The highest BCUT2D eigenvalue weighted by atomic mass is 79.9. The van der Waals surface area contributed by atoms with E-state index in [0.717, 1.165) is 0 Å². The number of nitrogens with zero attached hydrogens (tertiary/aromatic N) is 2. The first-order chi connectivity index (χ1) is 9.79. The number of fused-ring (bicyclic) bond motifs is 1. The molecule has 0 aromatic carbocycles. The van der Waals surface area contributed by atoms with E-state index in [1.807, 2.05) is 0 Å². The minimum atomic E-state index is -0.909. The molecule has 2 aromatic heterocycles. The molecule has 0 spiro atoms. The Morgan fingerprint density at radius 1 is 1.29 bits per heavy atom. The third-order valence-corrected chi connectivity index (χ3v) is 3.39. The van der Waals surface area contributed by atoms with E-state index in [4.69, 9.17) is 21.9 Å². The molecule has 0 saturated carbocycles. The average molecular weight is 354 g/mol. The van der Waals surface area contributed by atoms with Gasteiger partial charge in [-0.25, -0.2) is 14.8 Å². The van der Waals surface area contributed by atoms with Gasteiger partial charge in [0.2, 0.25) is 0 Å². The summed E-state index contributed by atoms with van der Waals surface area (Å²) in [4.78, 5) is 30.3. The van der Waals surface area contributed by atoms with Crippen LogP contribution in [0.15, 0.2) is 16.6 Å². The lowest BCUT2D eigenvalue weighted by Crippen LogP contribution is -2.17. The fourth-order valence-corrected chi connectivity index (χ4v) is 2.48. The number of nitrogens with two attached hydrogens (primary N) is 3. The highest BCUT2D eigenvalue weighted by molar-refractivity contribution is 9.10. The van der Waals surface area contributed by atoms with Crippen LogP contribution in [0.4, 0.5) is 10.6 Å². The molecule has 9 heteroatoms. The molecule has 0 saturated heterocycles. The van der Waals surface area contributed by atoms with E-state index in [9.17, 15) is 9.59 Å². The van der Waals surface area contributed by atoms with Gasteiger partial charge in [-0.05, 0) is 35.0 Å². The number of hydrogen-bond acceptors (Lipinski definition) is 6. The van der Waals surface area contributed by atoms with E-state index in [1.54, 1.807) is 13.0 Å². The summed E-state index contributed by atoms with van der Waals surface area (Å²) in [5, 5.41) is 0.569.